The summed E-state index contributed by atoms with van der Waals surface area (Å²) in [6.07, 6.45) is 2.46. The van der Waals surface area contributed by atoms with Crippen LogP contribution in [0.2, 0.25) is 0 Å². The highest BCUT2D eigenvalue weighted by atomic mass is 16.5. The third kappa shape index (κ3) is 4.39. The molecule has 0 bridgehead atoms. The van der Waals surface area contributed by atoms with Crippen LogP contribution in [-0.4, -0.2) is 24.5 Å². The van der Waals surface area contributed by atoms with Crippen LogP contribution in [0.1, 0.15) is 49.2 Å². The molecule has 0 saturated carbocycles. The topological polar surface area (TPSA) is 71.8 Å². The first-order valence-corrected chi connectivity index (χ1v) is 11.9. The average Bonchev–Trinajstić information content (AvgIpc) is 3.32. The molecule has 1 amide bonds. The summed E-state index contributed by atoms with van der Waals surface area (Å²) in [4.78, 5) is 26.4. The Balaban J connectivity index is 1.51. The largest absolute Gasteiger partial charge is 0.464 e. The molecule has 0 saturated heterocycles. The number of fused-ring (bicyclic) bond motifs is 2. The van der Waals surface area contributed by atoms with Gasteiger partial charge in [-0.15, -0.1) is 0 Å². The van der Waals surface area contributed by atoms with Crippen molar-refractivity contribution in [2.75, 3.05) is 16.8 Å². The molecule has 6 heteroatoms. The third-order valence-electron chi connectivity index (χ3n) is 6.55. The maximum atomic E-state index is 12.5. The van der Waals surface area contributed by atoms with E-state index in [0.29, 0.717) is 12.2 Å². The fourth-order valence-corrected chi connectivity index (χ4v) is 4.92. The SMILES string of the molecule is CCOC(=O)c1ccc(-c2ccc3c(c2)[C@H](Nc2ccc4ccoc4c2)C[C@H](C)N3C(C)=O)cc1. The zero-order chi connectivity index (χ0) is 24.5. The zero-order valence-corrected chi connectivity index (χ0v) is 20.1. The summed E-state index contributed by atoms with van der Waals surface area (Å²) in [6.45, 7) is 5.83. The first-order valence-electron chi connectivity index (χ1n) is 11.9. The molecule has 0 aliphatic carbocycles. The number of esters is 1. The fourth-order valence-electron chi connectivity index (χ4n) is 4.92. The van der Waals surface area contributed by atoms with Gasteiger partial charge < -0.3 is 19.4 Å². The van der Waals surface area contributed by atoms with E-state index in [2.05, 4.69) is 24.4 Å². The lowest BCUT2D eigenvalue weighted by Gasteiger charge is -2.39. The van der Waals surface area contributed by atoms with Crippen molar-refractivity contribution < 1.29 is 18.7 Å². The van der Waals surface area contributed by atoms with Gasteiger partial charge in [-0.25, -0.2) is 4.79 Å². The standard InChI is InChI=1S/C29H28N2O4/c1-4-34-29(33)22-7-5-20(6-8-22)23-10-12-27-25(16-23)26(15-18(2)31(27)19(3)32)30-24-11-9-21-13-14-35-28(21)17-24/h5-14,16-18,26,30H,4,15H2,1-3H3/t18-,26+/m0/s1. The van der Waals surface area contributed by atoms with Gasteiger partial charge in [0.25, 0.3) is 0 Å². The second kappa shape index (κ2) is 9.29. The summed E-state index contributed by atoms with van der Waals surface area (Å²) < 4.78 is 10.7. The smallest absolute Gasteiger partial charge is 0.338 e. The van der Waals surface area contributed by atoms with Crippen LogP contribution in [0.5, 0.6) is 0 Å². The van der Waals surface area contributed by atoms with E-state index in [1.807, 2.05) is 47.4 Å². The predicted molar refractivity (Wildman–Crippen MR) is 138 cm³/mol. The first kappa shape index (κ1) is 22.7. The van der Waals surface area contributed by atoms with Gasteiger partial charge in [-0.2, -0.15) is 0 Å². The van der Waals surface area contributed by atoms with Gasteiger partial charge in [0.1, 0.15) is 5.58 Å². The average molecular weight is 469 g/mol. The van der Waals surface area contributed by atoms with Crippen LogP contribution in [0.25, 0.3) is 22.1 Å². The Bertz CT molecular complexity index is 1390. The van der Waals surface area contributed by atoms with Gasteiger partial charge in [-0.05, 0) is 79.4 Å². The number of hydrogen-bond acceptors (Lipinski definition) is 5. The molecule has 2 atom stereocenters. The summed E-state index contributed by atoms with van der Waals surface area (Å²) >= 11 is 0. The molecule has 5 rings (SSSR count). The number of hydrogen-bond donors (Lipinski definition) is 1. The Morgan fingerprint density at radius 2 is 1.80 bits per heavy atom. The quantitative estimate of drug-likeness (QED) is 0.335. The lowest BCUT2D eigenvalue weighted by atomic mass is 9.88. The van der Waals surface area contributed by atoms with Gasteiger partial charge >= 0.3 is 5.97 Å². The second-order valence-electron chi connectivity index (χ2n) is 8.92. The monoisotopic (exact) mass is 468 g/mol. The van der Waals surface area contributed by atoms with Crippen molar-refractivity contribution in [3.05, 3.63) is 84.1 Å². The highest BCUT2D eigenvalue weighted by Gasteiger charge is 2.32. The summed E-state index contributed by atoms with van der Waals surface area (Å²) in [5, 5.41) is 4.73. The molecule has 178 valence electrons. The molecular weight excluding hydrogens is 440 g/mol. The van der Waals surface area contributed by atoms with Crippen LogP contribution in [0.4, 0.5) is 11.4 Å². The molecule has 35 heavy (non-hydrogen) atoms. The number of furan rings is 1. The van der Waals surface area contributed by atoms with Crippen LogP contribution >= 0.6 is 0 Å². The minimum atomic E-state index is -0.326. The summed E-state index contributed by atoms with van der Waals surface area (Å²) in [7, 11) is 0. The van der Waals surface area contributed by atoms with E-state index < -0.39 is 0 Å². The molecule has 1 aliphatic heterocycles. The number of benzene rings is 3. The van der Waals surface area contributed by atoms with Crippen molar-refractivity contribution in [2.24, 2.45) is 0 Å². The molecule has 0 fully saturated rings. The Morgan fingerprint density at radius 3 is 2.54 bits per heavy atom. The molecule has 3 aromatic carbocycles. The van der Waals surface area contributed by atoms with E-state index in [9.17, 15) is 9.59 Å². The molecular formula is C29H28N2O4. The number of rotatable bonds is 5. The maximum absolute atomic E-state index is 12.5. The van der Waals surface area contributed by atoms with Crippen molar-refractivity contribution in [1.82, 2.24) is 0 Å². The van der Waals surface area contributed by atoms with Gasteiger partial charge in [0, 0.05) is 35.8 Å². The van der Waals surface area contributed by atoms with Crippen LogP contribution in [0.15, 0.2) is 77.4 Å². The normalized spacial score (nSPS) is 17.2. The van der Waals surface area contributed by atoms with Crippen molar-refractivity contribution >= 4 is 34.2 Å². The highest BCUT2D eigenvalue weighted by Crippen LogP contribution is 2.41. The Labute approximate surface area is 204 Å². The predicted octanol–water partition coefficient (Wildman–Crippen LogP) is 6.57. The van der Waals surface area contributed by atoms with E-state index in [4.69, 9.17) is 9.15 Å². The lowest BCUT2D eigenvalue weighted by molar-refractivity contribution is -0.117. The number of carbonyl (C=O) groups is 2. The number of nitrogens with zero attached hydrogens (tertiary/aromatic N) is 1. The molecule has 1 N–H and O–H groups in total. The number of nitrogens with one attached hydrogen (secondary N) is 1. The van der Waals surface area contributed by atoms with E-state index in [1.54, 1.807) is 32.2 Å². The number of carbonyl (C=O) groups excluding carboxylic acids is 2. The van der Waals surface area contributed by atoms with Crippen molar-refractivity contribution in [3.63, 3.8) is 0 Å². The second-order valence-corrected chi connectivity index (χ2v) is 8.92. The van der Waals surface area contributed by atoms with Gasteiger partial charge in [0.05, 0.1) is 24.5 Å². The minimum Gasteiger partial charge on any atom is -0.464 e. The van der Waals surface area contributed by atoms with E-state index >= 15 is 0 Å². The molecule has 1 aliphatic rings. The van der Waals surface area contributed by atoms with Crippen LogP contribution in [-0.2, 0) is 9.53 Å². The van der Waals surface area contributed by atoms with Crippen molar-refractivity contribution in [1.29, 1.82) is 0 Å². The van der Waals surface area contributed by atoms with Crippen molar-refractivity contribution in [3.8, 4) is 11.1 Å². The van der Waals surface area contributed by atoms with E-state index in [-0.39, 0.29) is 24.0 Å². The molecule has 0 radical (unpaired) electrons. The number of ether oxygens (including phenoxy) is 1. The highest BCUT2D eigenvalue weighted by molar-refractivity contribution is 5.94. The first-order chi connectivity index (χ1) is 16.9. The zero-order valence-electron chi connectivity index (χ0n) is 20.1. The van der Waals surface area contributed by atoms with Crippen LogP contribution < -0.4 is 10.2 Å². The summed E-state index contributed by atoms with van der Waals surface area (Å²) in [5.74, 6) is -0.297. The molecule has 4 aromatic rings. The fraction of sp³-hybridized carbons (Fsp3) is 0.241. The molecule has 6 nitrogen and oxygen atoms in total. The van der Waals surface area contributed by atoms with E-state index in [0.717, 1.165) is 45.5 Å². The van der Waals surface area contributed by atoms with E-state index in [1.165, 1.54) is 0 Å². The number of amides is 1. The van der Waals surface area contributed by atoms with Gasteiger partial charge in [0.15, 0.2) is 0 Å². The Hall–Kier alpha value is -4.06. The molecule has 0 unspecified atom stereocenters. The third-order valence-corrected chi connectivity index (χ3v) is 6.55. The Morgan fingerprint density at radius 1 is 1.03 bits per heavy atom. The summed E-state index contributed by atoms with van der Waals surface area (Å²) in [5.41, 5.74) is 6.31. The van der Waals surface area contributed by atoms with Crippen LogP contribution in [0, 0.1) is 0 Å². The molecule has 1 aromatic heterocycles. The Kier molecular flexibility index (Phi) is 6.03. The van der Waals surface area contributed by atoms with Crippen molar-refractivity contribution in [2.45, 2.75) is 39.3 Å². The van der Waals surface area contributed by atoms with Gasteiger partial charge in [-0.1, -0.05) is 18.2 Å². The lowest BCUT2D eigenvalue weighted by Crippen LogP contribution is -2.43. The maximum Gasteiger partial charge on any atom is 0.338 e. The van der Waals surface area contributed by atoms with Gasteiger partial charge in [-0.3, -0.25) is 4.79 Å². The molecule has 2 heterocycles. The van der Waals surface area contributed by atoms with Crippen LogP contribution in [0.3, 0.4) is 0 Å². The summed E-state index contributed by atoms with van der Waals surface area (Å²) in [6, 6.07) is 21.7. The minimum absolute atomic E-state index is 0.0155. The molecule has 0 spiro atoms. The number of anilines is 2. The van der Waals surface area contributed by atoms with Gasteiger partial charge in [0.2, 0.25) is 5.91 Å².